The number of nitrogens with zero attached hydrogens (tertiary/aromatic N) is 1. The maximum Gasteiger partial charge on any atom is 0.236 e. The third kappa shape index (κ3) is 2.22. The lowest BCUT2D eigenvalue weighted by Gasteiger charge is -2.28. The summed E-state index contributed by atoms with van der Waals surface area (Å²) in [7, 11) is 1.64. The Morgan fingerprint density at radius 1 is 1.71 bits per heavy atom. The summed E-state index contributed by atoms with van der Waals surface area (Å²) in [6, 6.07) is -0.0497. The maximum absolute atomic E-state index is 11.4. The molecule has 1 saturated heterocycles. The predicted molar refractivity (Wildman–Crippen MR) is 60.0 cm³/mol. The van der Waals surface area contributed by atoms with E-state index in [2.05, 4.69) is 10.2 Å². The summed E-state index contributed by atoms with van der Waals surface area (Å²) >= 11 is 4.98. The minimum Gasteiger partial charge on any atom is -0.392 e. The summed E-state index contributed by atoms with van der Waals surface area (Å²) in [6.07, 6.45) is 2.03. The Balaban J connectivity index is 2.66. The van der Waals surface area contributed by atoms with E-state index in [9.17, 15) is 4.79 Å². The highest BCUT2D eigenvalue weighted by atomic mass is 32.1. The van der Waals surface area contributed by atoms with Crippen LogP contribution in [0.15, 0.2) is 0 Å². The third-order valence-electron chi connectivity index (χ3n) is 2.75. The van der Waals surface area contributed by atoms with Crippen molar-refractivity contribution in [2.24, 2.45) is 5.73 Å². The lowest BCUT2D eigenvalue weighted by molar-refractivity contribution is -0.125. The average Bonchev–Trinajstić information content (AvgIpc) is 2.63. The van der Waals surface area contributed by atoms with Gasteiger partial charge in [-0.25, -0.2) is 0 Å². The number of nitrogens with two attached hydrogens (primary N) is 1. The SMILES string of the molecule is CNC(=O)C(C)N1CCCC1C(N)=S. The summed E-state index contributed by atoms with van der Waals surface area (Å²) in [5, 5.41) is 2.64. The van der Waals surface area contributed by atoms with Crippen LogP contribution in [0.2, 0.25) is 0 Å². The van der Waals surface area contributed by atoms with Crippen LogP contribution < -0.4 is 11.1 Å². The zero-order valence-electron chi connectivity index (χ0n) is 8.62. The zero-order valence-corrected chi connectivity index (χ0v) is 9.43. The number of likely N-dealkylation sites (N-methyl/N-ethyl adjacent to an activating group) is 1. The van der Waals surface area contributed by atoms with E-state index in [1.165, 1.54) is 0 Å². The second-order valence-corrected chi connectivity index (χ2v) is 4.06. The fourth-order valence-electron chi connectivity index (χ4n) is 1.92. The number of carbonyl (C=O) groups excluding carboxylic acids is 1. The van der Waals surface area contributed by atoms with Crippen molar-refractivity contribution in [1.29, 1.82) is 0 Å². The Hall–Kier alpha value is -0.680. The molecular formula is C9H17N3OS. The topological polar surface area (TPSA) is 58.4 Å². The van der Waals surface area contributed by atoms with Crippen molar-refractivity contribution in [1.82, 2.24) is 10.2 Å². The van der Waals surface area contributed by atoms with Crippen LogP contribution in [0.4, 0.5) is 0 Å². The van der Waals surface area contributed by atoms with Crippen LogP contribution in [0.1, 0.15) is 19.8 Å². The van der Waals surface area contributed by atoms with E-state index in [-0.39, 0.29) is 18.0 Å². The molecule has 1 amide bonds. The molecule has 0 aliphatic carbocycles. The first kappa shape index (κ1) is 11.4. The molecule has 0 bridgehead atoms. The van der Waals surface area contributed by atoms with Crippen LogP contribution >= 0.6 is 12.2 Å². The quantitative estimate of drug-likeness (QED) is 0.644. The molecule has 80 valence electrons. The summed E-state index contributed by atoms with van der Waals surface area (Å²) in [4.78, 5) is 14.0. The van der Waals surface area contributed by atoms with E-state index >= 15 is 0 Å². The number of likely N-dealkylation sites (tertiary alicyclic amines) is 1. The number of rotatable bonds is 3. The average molecular weight is 215 g/mol. The molecule has 1 aliphatic heterocycles. The van der Waals surface area contributed by atoms with Gasteiger partial charge < -0.3 is 11.1 Å². The molecule has 0 saturated carbocycles. The normalized spacial score (nSPS) is 24.6. The fraction of sp³-hybridized carbons (Fsp3) is 0.778. The smallest absolute Gasteiger partial charge is 0.236 e. The second kappa shape index (κ2) is 4.70. The molecule has 3 N–H and O–H groups in total. The van der Waals surface area contributed by atoms with Gasteiger partial charge in [0, 0.05) is 7.05 Å². The van der Waals surface area contributed by atoms with Crippen LogP contribution in [-0.2, 0) is 4.79 Å². The van der Waals surface area contributed by atoms with Gasteiger partial charge in [0.15, 0.2) is 0 Å². The summed E-state index contributed by atoms with van der Waals surface area (Å²) < 4.78 is 0. The number of thiocarbonyl (C=S) groups is 1. The monoisotopic (exact) mass is 215 g/mol. The van der Waals surface area contributed by atoms with Crippen LogP contribution in [0.25, 0.3) is 0 Å². The van der Waals surface area contributed by atoms with Gasteiger partial charge in [-0.05, 0) is 26.3 Å². The molecule has 0 aromatic carbocycles. The molecule has 1 aliphatic rings. The first-order valence-electron chi connectivity index (χ1n) is 4.84. The Kier molecular flexibility index (Phi) is 3.83. The highest BCUT2D eigenvalue weighted by molar-refractivity contribution is 7.80. The number of carbonyl (C=O) groups is 1. The number of hydrogen-bond donors (Lipinski definition) is 2. The van der Waals surface area contributed by atoms with Gasteiger partial charge in [-0.15, -0.1) is 0 Å². The summed E-state index contributed by atoms with van der Waals surface area (Å²) in [5.41, 5.74) is 5.63. The first-order valence-corrected chi connectivity index (χ1v) is 5.25. The van der Waals surface area contributed by atoms with Gasteiger partial charge in [0.1, 0.15) is 0 Å². The number of nitrogens with one attached hydrogen (secondary N) is 1. The van der Waals surface area contributed by atoms with E-state index in [1.807, 2.05) is 6.92 Å². The van der Waals surface area contributed by atoms with Gasteiger partial charge in [0.25, 0.3) is 0 Å². The Labute approximate surface area is 89.8 Å². The molecule has 2 atom stereocenters. The van der Waals surface area contributed by atoms with Crippen molar-refractivity contribution >= 4 is 23.1 Å². The molecule has 1 fully saturated rings. The van der Waals surface area contributed by atoms with Gasteiger partial charge in [-0.1, -0.05) is 12.2 Å². The predicted octanol–water partition coefficient (Wildman–Crippen LogP) is -0.129. The van der Waals surface area contributed by atoms with Gasteiger partial charge in [-0.2, -0.15) is 0 Å². The first-order chi connectivity index (χ1) is 6.57. The largest absolute Gasteiger partial charge is 0.392 e. The molecule has 2 unspecified atom stereocenters. The minimum absolute atomic E-state index is 0.0214. The molecule has 1 rings (SSSR count). The van der Waals surface area contributed by atoms with E-state index < -0.39 is 0 Å². The summed E-state index contributed by atoms with van der Waals surface area (Å²) in [5.74, 6) is 0.0214. The molecular weight excluding hydrogens is 198 g/mol. The molecule has 0 aromatic rings. The molecule has 0 spiro atoms. The van der Waals surface area contributed by atoms with Gasteiger partial charge in [0.2, 0.25) is 5.91 Å². The number of amides is 1. The van der Waals surface area contributed by atoms with E-state index in [0.29, 0.717) is 4.99 Å². The van der Waals surface area contributed by atoms with Crippen LogP contribution in [0.3, 0.4) is 0 Å². The standard InChI is InChI=1S/C9H17N3OS/c1-6(9(13)11-2)12-5-3-4-7(12)8(10)14/h6-7H,3-5H2,1-2H3,(H2,10,14)(H,11,13). The highest BCUT2D eigenvalue weighted by Gasteiger charge is 2.32. The molecule has 1 heterocycles. The molecule has 4 nitrogen and oxygen atoms in total. The molecule has 5 heteroatoms. The van der Waals surface area contributed by atoms with E-state index in [0.717, 1.165) is 19.4 Å². The van der Waals surface area contributed by atoms with Gasteiger partial charge in [-0.3, -0.25) is 9.69 Å². The molecule has 0 radical (unpaired) electrons. The highest BCUT2D eigenvalue weighted by Crippen LogP contribution is 2.20. The second-order valence-electron chi connectivity index (χ2n) is 3.59. The summed E-state index contributed by atoms with van der Waals surface area (Å²) in [6.45, 7) is 2.78. The zero-order chi connectivity index (χ0) is 10.7. The van der Waals surface area contributed by atoms with Crippen LogP contribution in [0.5, 0.6) is 0 Å². The Morgan fingerprint density at radius 2 is 2.36 bits per heavy atom. The van der Waals surface area contributed by atoms with Crippen LogP contribution in [-0.4, -0.2) is 41.5 Å². The lowest BCUT2D eigenvalue weighted by atomic mass is 10.2. The van der Waals surface area contributed by atoms with Gasteiger partial charge in [0.05, 0.1) is 17.1 Å². The van der Waals surface area contributed by atoms with Crippen molar-refractivity contribution in [2.75, 3.05) is 13.6 Å². The van der Waals surface area contributed by atoms with Crippen molar-refractivity contribution in [3.63, 3.8) is 0 Å². The fourth-order valence-corrected chi connectivity index (χ4v) is 2.17. The van der Waals surface area contributed by atoms with Gasteiger partial charge >= 0.3 is 0 Å². The van der Waals surface area contributed by atoms with Crippen molar-refractivity contribution < 1.29 is 4.79 Å². The molecule has 0 aromatic heterocycles. The van der Waals surface area contributed by atoms with E-state index in [1.54, 1.807) is 7.05 Å². The van der Waals surface area contributed by atoms with Crippen molar-refractivity contribution in [3.8, 4) is 0 Å². The van der Waals surface area contributed by atoms with E-state index in [4.69, 9.17) is 18.0 Å². The maximum atomic E-state index is 11.4. The Bertz CT molecular complexity index is 244. The van der Waals surface area contributed by atoms with Crippen molar-refractivity contribution in [3.05, 3.63) is 0 Å². The van der Waals surface area contributed by atoms with Crippen molar-refractivity contribution in [2.45, 2.75) is 31.8 Å². The van der Waals surface area contributed by atoms with Crippen LogP contribution in [0, 0.1) is 0 Å². The third-order valence-corrected chi connectivity index (χ3v) is 3.02. The number of hydrogen-bond acceptors (Lipinski definition) is 3. The molecule has 14 heavy (non-hydrogen) atoms. The lowest BCUT2D eigenvalue weighted by Crippen LogP contribution is -2.49. The Morgan fingerprint density at radius 3 is 2.86 bits per heavy atom. The minimum atomic E-state index is -0.144.